The number of benzene rings is 1. The van der Waals surface area contributed by atoms with Gasteiger partial charge in [0.05, 0.1) is 35.8 Å². The molecule has 1 aromatic rings. The lowest BCUT2D eigenvalue weighted by molar-refractivity contribution is -0.154. The summed E-state index contributed by atoms with van der Waals surface area (Å²) in [6, 6.07) is 8.46. The van der Waals surface area contributed by atoms with Gasteiger partial charge in [-0.3, -0.25) is 14.4 Å². The first kappa shape index (κ1) is 24.1. The van der Waals surface area contributed by atoms with Crippen molar-refractivity contribution in [1.29, 1.82) is 0 Å². The lowest BCUT2D eigenvalue weighted by atomic mass is 9.78. The summed E-state index contributed by atoms with van der Waals surface area (Å²) >= 11 is 1.53. The number of nitrogens with zero attached hydrogens (tertiary/aromatic N) is 2. The number of aliphatic hydroxyl groups is 1. The van der Waals surface area contributed by atoms with Crippen molar-refractivity contribution >= 4 is 29.5 Å². The molecule has 8 heteroatoms. The number of amides is 2. The Bertz CT molecular complexity index is 1060. The second kappa shape index (κ2) is 9.47. The molecule has 7 nitrogen and oxygen atoms in total. The summed E-state index contributed by atoms with van der Waals surface area (Å²) in [5.41, 5.74) is 1.01. The average molecular weight is 497 g/mol. The molecular weight excluding hydrogens is 464 g/mol. The predicted molar refractivity (Wildman–Crippen MR) is 133 cm³/mol. The Morgan fingerprint density at radius 1 is 1.14 bits per heavy atom. The van der Waals surface area contributed by atoms with Gasteiger partial charge in [-0.25, -0.2) is 0 Å². The molecule has 0 saturated carbocycles. The first-order valence-electron chi connectivity index (χ1n) is 12.3. The van der Waals surface area contributed by atoms with Crippen molar-refractivity contribution < 1.29 is 24.2 Å². The molecule has 6 atom stereocenters. The van der Waals surface area contributed by atoms with Crippen LogP contribution in [0.25, 0.3) is 0 Å². The van der Waals surface area contributed by atoms with Crippen molar-refractivity contribution in [3.05, 3.63) is 60.2 Å². The molecule has 1 aromatic carbocycles. The van der Waals surface area contributed by atoms with E-state index in [0.717, 1.165) is 5.56 Å². The van der Waals surface area contributed by atoms with Crippen LogP contribution in [0.4, 0.5) is 0 Å². The molecule has 0 radical (unpaired) electrons. The molecule has 35 heavy (non-hydrogen) atoms. The summed E-state index contributed by atoms with van der Waals surface area (Å²) < 4.78 is 4.62. The van der Waals surface area contributed by atoms with E-state index in [4.69, 9.17) is 4.74 Å². The van der Waals surface area contributed by atoms with E-state index in [2.05, 4.69) is 0 Å². The van der Waals surface area contributed by atoms with E-state index >= 15 is 0 Å². The number of hydrogen-bond acceptors (Lipinski definition) is 6. The van der Waals surface area contributed by atoms with Crippen molar-refractivity contribution in [3.63, 3.8) is 0 Å². The van der Waals surface area contributed by atoms with Gasteiger partial charge in [0.15, 0.2) is 0 Å². The molecule has 2 amide bonds. The Hall–Kier alpha value is -2.58. The van der Waals surface area contributed by atoms with E-state index in [1.54, 1.807) is 9.80 Å². The second-order valence-electron chi connectivity index (χ2n) is 10.1. The first-order chi connectivity index (χ1) is 16.9. The average Bonchev–Trinajstić information content (AvgIpc) is 3.21. The predicted octanol–water partition coefficient (Wildman–Crippen LogP) is 2.40. The highest BCUT2D eigenvalue weighted by Gasteiger charge is 2.71. The van der Waals surface area contributed by atoms with Gasteiger partial charge in [-0.1, -0.05) is 68.5 Å². The highest BCUT2D eigenvalue weighted by molar-refractivity contribution is 8.02. The Morgan fingerprint density at radius 2 is 1.91 bits per heavy atom. The van der Waals surface area contributed by atoms with Crippen LogP contribution in [0.2, 0.25) is 0 Å². The molecule has 0 aromatic heterocycles. The van der Waals surface area contributed by atoms with Crippen LogP contribution in [0, 0.1) is 17.8 Å². The Labute approximate surface area is 210 Å². The number of likely N-dealkylation sites (tertiary alicyclic amines) is 1. The molecule has 0 bridgehead atoms. The Kier molecular flexibility index (Phi) is 6.53. The van der Waals surface area contributed by atoms with Gasteiger partial charge in [0, 0.05) is 18.3 Å². The van der Waals surface area contributed by atoms with Crippen LogP contribution in [0.1, 0.15) is 25.8 Å². The molecule has 4 aliphatic rings. The van der Waals surface area contributed by atoms with E-state index in [1.807, 2.05) is 68.5 Å². The third-order valence-corrected chi connectivity index (χ3v) is 9.42. The number of hydrogen-bond donors (Lipinski definition) is 1. The fourth-order valence-electron chi connectivity index (χ4n) is 6.02. The number of carbonyl (C=O) groups is 3. The van der Waals surface area contributed by atoms with Gasteiger partial charge in [0.1, 0.15) is 6.04 Å². The lowest BCUT2D eigenvalue weighted by Gasteiger charge is -2.39. The SMILES string of the molecule is CC(C)[C@H](CO)N1C(=O)[C@@H]2[C@@H]3C(=O)OCCC=C[C@@H]3S[C@@]23C=CCN(Cc2ccccc2)C(=O)C13. The van der Waals surface area contributed by atoms with Crippen LogP contribution >= 0.6 is 11.8 Å². The maximum atomic E-state index is 14.3. The minimum atomic E-state index is -0.898. The van der Waals surface area contributed by atoms with Crippen molar-refractivity contribution in [2.75, 3.05) is 19.8 Å². The maximum absolute atomic E-state index is 14.3. The topological polar surface area (TPSA) is 87.2 Å². The van der Waals surface area contributed by atoms with E-state index in [1.165, 1.54) is 11.8 Å². The van der Waals surface area contributed by atoms with Gasteiger partial charge in [-0.15, -0.1) is 11.8 Å². The third-order valence-electron chi connectivity index (χ3n) is 7.67. The van der Waals surface area contributed by atoms with Gasteiger partial charge in [-0.2, -0.15) is 0 Å². The van der Waals surface area contributed by atoms with Crippen molar-refractivity contribution in [1.82, 2.24) is 9.80 Å². The zero-order chi connectivity index (χ0) is 24.7. The number of thioether (sulfide) groups is 1. The van der Waals surface area contributed by atoms with Crippen LogP contribution < -0.4 is 0 Å². The fraction of sp³-hybridized carbons (Fsp3) is 0.519. The van der Waals surface area contributed by atoms with Crippen molar-refractivity contribution in [3.8, 4) is 0 Å². The first-order valence-corrected chi connectivity index (χ1v) is 13.2. The van der Waals surface area contributed by atoms with Gasteiger partial charge in [-0.05, 0) is 17.9 Å². The van der Waals surface area contributed by atoms with Crippen molar-refractivity contribution in [2.45, 2.75) is 48.9 Å². The molecule has 0 aliphatic carbocycles. The smallest absolute Gasteiger partial charge is 0.311 e. The molecule has 5 rings (SSSR count). The monoisotopic (exact) mass is 496 g/mol. The van der Waals surface area contributed by atoms with Gasteiger partial charge in [0.2, 0.25) is 11.8 Å². The summed E-state index contributed by atoms with van der Waals surface area (Å²) in [5, 5.41) is 10.1. The molecule has 2 fully saturated rings. The lowest BCUT2D eigenvalue weighted by Crippen LogP contribution is -2.57. The highest BCUT2D eigenvalue weighted by Crippen LogP contribution is 2.61. The van der Waals surface area contributed by atoms with Gasteiger partial charge >= 0.3 is 5.97 Å². The minimum Gasteiger partial charge on any atom is -0.465 e. The number of carbonyl (C=O) groups excluding carboxylic acids is 3. The molecule has 1 unspecified atom stereocenters. The van der Waals surface area contributed by atoms with E-state index in [0.29, 0.717) is 19.5 Å². The number of aliphatic hydroxyl groups excluding tert-OH is 1. The van der Waals surface area contributed by atoms with Crippen LogP contribution in [0.3, 0.4) is 0 Å². The van der Waals surface area contributed by atoms with Gasteiger partial charge < -0.3 is 19.6 Å². The van der Waals surface area contributed by atoms with Crippen LogP contribution in [-0.4, -0.2) is 74.5 Å². The summed E-state index contributed by atoms with van der Waals surface area (Å²) in [7, 11) is 0. The summed E-state index contributed by atoms with van der Waals surface area (Å²) in [6.07, 6.45) is 8.61. The van der Waals surface area contributed by atoms with E-state index < -0.39 is 28.7 Å². The quantitative estimate of drug-likeness (QED) is 0.498. The molecular formula is C27H32N2O5S. The summed E-state index contributed by atoms with van der Waals surface area (Å²) in [6.45, 7) is 4.76. The number of ether oxygens (including phenoxy) is 1. The summed E-state index contributed by atoms with van der Waals surface area (Å²) in [4.78, 5) is 44.9. The molecule has 4 aliphatic heterocycles. The number of cyclic esters (lactones) is 1. The molecule has 1 spiro atoms. The van der Waals surface area contributed by atoms with Crippen LogP contribution in [-0.2, 0) is 25.7 Å². The number of esters is 1. The highest BCUT2D eigenvalue weighted by atomic mass is 32.2. The molecule has 2 saturated heterocycles. The zero-order valence-electron chi connectivity index (χ0n) is 20.1. The maximum Gasteiger partial charge on any atom is 0.311 e. The van der Waals surface area contributed by atoms with E-state index in [9.17, 15) is 19.5 Å². The second-order valence-corrected chi connectivity index (χ2v) is 11.6. The van der Waals surface area contributed by atoms with Gasteiger partial charge in [0.25, 0.3) is 0 Å². The molecule has 4 heterocycles. The van der Waals surface area contributed by atoms with Crippen molar-refractivity contribution in [2.24, 2.45) is 17.8 Å². The molecule has 186 valence electrons. The van der Waals surface area contributed by atoms with E-state index in [-0.39, 0.29) is 42.2 Å². The van der Waals surface area contributed by atoms with Crippen LogP contribution in [0.5, 0.6) is 0 Å². The zero-order valence-corrected chi connectivity index (χ0v) is 20.9. The minimum absolute atomic E-state index is 0.0626. The Morgan fingerprint density at radius 3 is 2.63 bits per heavy atom. The standard InChI is InChI=1S/C27H32N2O5S/c1-17(2)19(16-30)29-23-25(32)28(15-18-9-4-3-5-10-18)13-8-12-27(23)22(24(29)31)21-20(35-27)11-6-7-14-34-26(21)33/h3-6,8-12,17,19-23,30H,7,13-16H2,1-2H3/t19-,20-,21+,22-,23?,27-/m0/s1. The largest absolute Gasteiger partial charge is 0.465 e. The third kappa shape index (κ3) is 3.91. The normalized spacial score (nSPS) is 33.1. The summed E-state index contributed by atoms with van der Waals surface area (Å²) in [5.74, 6) is -2.21. The fourth-order valence-corrected chi connectivity index (χ4v) is 8.00. The molecule has 1 N–H and O–H groups in total. The Balaban J connectivity index is 1.61. The number of rotatable bonds is 5. The number of fused-ring (bicyclic) bond motifs is 2. The van der Waals surface area contributed by atoms with Crippen LogP contribution in [0.15, 0.2) is 54.6 Å².